The van der Waals surface area contributed by atoms with Crippen molar-refractivity contribution < 1.29 is 9.53 Å². The van der Waals surface area contributed by atoms with Crippen molar-refractivity contribution in [1.82, 2.24) is 4.90 Å². The van der Waals surface area contributed by atoms with Crippen LogP contribution < -0.4 is 5.73 Å². The Morgan fingerprint density at radius 1 is 1.29 bits per heavy atom. The topological polar surface area (TPSA) is 55.6 Å². The second-order valence-corrected chi connectivity index (χ2v) is 5.60. The lowest BCUT2D eigenvalue weighted by Crippen LogP contribution is -2.30. The first-order valence-electron chi connectivity index (χ1n) is 7.93. The Bertz CT molecular complexity index is 422. The molecule has 0 radical (unpaired) electrons. The summed E-state index contributed by atoms with van der Waals surface area (Å²) in [6.45, 7) is 2.92. The number of carbonyl (C=O) groups excluding carboxylic acids is 1. The van der Waals surface area contributed by atoms with Crippen LogP contribution in [0.4, 0.5) is 0 Å². The lowest BCUT2D eigenvalue weighted by Gasteiger charge is -2.16. The van der Waals surface area contributed by atoms with Crippen LogP contribution in [0.3, 0.4) is 0 Å². The van der Waals surface area contributed by atoms with Crippen molar-refractivity contribution in [2.24, 2.45) is 5.73 Å². The molecule has 0 aliphatic carbocycles. The van der Waals surface area contributed by atoms with E-state index >= 15 is 0 Å². The van der Waals surface area contributed by atoms with Crippen molar-refractivity contribution in [3.05, 3.63) is 35.9 Å². The summed E-state index contributed by atoms with van der Waals surface area (Å²) < 4.78 is 5.89. The summed E-state index contributed by atoms with van der Waals surface area (Å²) >= 11 is 0. The van der Waals surface area contributed by atoms with Gasteiger partial charge in [0.25, 0.3) is 0 Å². The number of carbonyl (C=O) groups is 1. The maximum atomic E-state index is 11.9. The van der Waals surface area contributed by atoms with Crippen LogP contribution >= 0.6 is 0 Å². The minimum Gasteiger partial charge on any atom is -0.376 e. The third-order valence-corrected chi connectivity index (χ3v) is 3.90. The summed E-state index contributed by atoms with van der Waals surface area (Å²) in [6, 6.07) is 10.5. The molecule has 4 heteroatoms. The number of ether oxygens (including phenoxy) is 1. The van der Waals surface area contributed by atoms with Gasteiger partial charge in [-0.05, 0) is 37.8 Å². The molecule has 1 unspecified atom stereocenters. The number of hydrogen-bond donors (Lipinski definition) is 1. The van der Waals surface area contributed by atoms with E-state index in [0.29, 0.717) is 13.0 Å². The molecule has 2 N–H and O–H groups in total. The van der Waals surface area contributed by atoms with Gasteiger partial charge in [-0.25, -0.2) is 0 Å². The molecule has 1 atom stereocenters. The molecule has 0 saturated carbocycles. The molecule has 1 amide bonds. The molecule has 1 aliphatic rings. The Labute approximate surface area is 127 Å². The van der Waals surface area contributed by atoms with Crippen molar-refractivity contribution in [1.29, 1.82) is 0 Å². The van der Waals surface area contributed by atoms with Crippen LogP contribution in [-0.2, 0) is 16.0 Å². The maximum absolute atomic E-state index is 11.9. The summed E-state index contributed by atoms with van der Waals surface area (Å²) in [5.41, 5.74) is 6.79. The molecule has 0 aromatic heterocycles. The summed E-state index contributed by atoms with van der Waals surface area (Å²) in [5, 5.41) is 0. The average Bonchev–Trinajstić information content (AvgIpc) is 2.99. The summed E-state index contributed by atoms with van der Waals surface area (Å²) in [6.07, 6.45) is 4.59. The van der Waals surface area contributed by atoms with Crippen molar-refractivity contribution in [3.8, 4) is 0 Å². The highest BCUT2D eigenvalue weighted by atomic mass is 16.5. The molecule has 1 aromatic carbocycles. The molecule has 4 nitrogen and oxygen atoms in total. The molecular formula is C17H26N2O2. The Hall–Kier alpha value is -1.39. The van der Waals surface area contributed by atoms with Crippen molar-refractivity contribution in [2.75, 3.05) is 26.2 Å². The second kappa shape index (κ2) is 8.80. The van der Waals surface area contributed by atoms with Gasteiger partial charge in [-0.2, -0.15) is 0 Å². The van der Waals surface area contributed by atoms with Crippen LogP contribution in [0, 0.1) is 0 Å². The van der Waals surface area contributed by atoms with E-state index in [4.69, 9.17) is 10.5 Å². The third-order valence-electron chi connectivity index (χ3n) is 3.90. The molecule has 21 heavy (non-hydrogen) atoms. The SMILES string of the molecule is NCCCC(=O)N1CCC(OCCCc2ccccc2)C1. The smallest absolute Gasteiger partial charge is 0.222 e. The lowest BCUT2D eigenvalue weighted by molar-refractivity contribution is -0.130. The maximum Gasteiger partial charge on any atom is 0.222 e. The van der Waals surface area contributed by atoms with Crippen molar-refractivity contribution >= 4 is 5.91 Å². The first-order valence-corrected chi connectivity index (χ1v) is 7.93. The highest BCUT2D eigenvalue weighted by Gasteiger charge is 2.25. The molecule has 0 bridgehead atoms. The molecule has 1 aliphatic heterocycles. The van der Waals surface area contributed by atoms with Gasteiger partial charge in [0, 0.05) is 26.1 Å². The quantitative estimate of drug-likeness (QED) is 0.745. The molecule has 1 saturated heterocycles. The second-order valence-electron chi connectivity index (χ2n) is 5.60. The van der Waals surface area contributed by atoms with Gasteiger partial charge < -0.3 is 15.4 Å². The number of hydrogen-bond acceptors (Lipinski definition) is 3. The van der Waals surface area contributed by atoms with E-state index in [2.05, 4.69) is 24.3 Å². The zero-order chi connectivity index (χ0) is 14.9. The van der Waals surface area contributed by atoms with Crippen LogP contribution in [0.2, 0.25) is 0 Å². The Morgan fingerprint density at radius 3 is 2.86 bits per heavy atom. The van der Waals surface area contributed by atoms with Crippen molar-refractivity contribution in [3.63, 3.8) is 0 Å². The average molecular weight is 290 g/mol. The molecule has 1 fully saturated rings. The number of nitrogens with two attached hydrogens (primary N) is 1. The fourth-order valence-corrected chi connectivity index (χ4v) is 2.67. The van der Waals surface area contributed by atoms with Crippen LogP contribution in [-0.4, -0.2) is 43.2 Å². The van der Waals surface area contributed by atoms with Gasteiger partial charge in [0.2, 0.25) is 5.91 Å². The number of aryl methyl sites for hydroxylation is 1. The normalized spacial score (nSPS) is 18.1. The number of rotatable bonds is 8. The predicted molar refractivity (Wildman–Crippen MR) is 84.0 cm³/mol. The summed E-state index contributed by atoms with van der Waals surface area (Å²) in [7, 11) is 0. The van der Waals surface area contributed by atoms with E-state index in [-0.39, 0.29) is 12.0 Å². The van der Waals surface area contributed by atoms with Gasteiger partial charge in [0.05, 0.1) is 6.10 Å². The molecule has 1 aromatic rings. The summed E-state index contributed by atoms with van der Waals surface area (Å²) in [5.74, 6) is 0.218. The van der Waals surface area contributed by atoms with E-state index in [1.165, 1.54) is 5.56 Å². The van der Waals surface area contributed by atoms with Crippen LogP contribution in [0.1, 0.15) is 31.2 Å². The number of nitrogens with zero attached hydrogens (tertiary/aromatic N) is 1. The molecule has 0 spiro atoms. The largest absolute Gasteiger partial charge is 0.376 e. The minimum atomic E-state index is 0.211. The monoisotopic (exact) mass is 290 g/mol. The minimum absolute atomic E-state index is 0.211. The zero-order valence-electron chi connectivity index (χ0n) is 12.7. The van der Waals surface area contributed by atoms with E-state index in [9.17, 15) is 4.79 Å². The third kappa shape index (κ3) is 5.48. The standard InChI is InChI=1S/C17H26N2O2/c18-11-4-9-17(20)19-12-10-16(14-19)21-13-5-8-15-6-2-1-3-7-15/h1-3,6-7,16H,4-5,8-14,18H2. The number of amides is 1. The Morgan fingerprint density at radius 2 is 2.10 bits per heavy atom. The first kappa shape index (κ1) is 16.0. The fourth-order valence-electron chi connectivity index (χ4n) is 2.67. The predicted octanol–water partition coefficient (Wildman–Crippen LogP) is 1.98. The lowest BCUT2D eigenvalue weighted by atomic mass is 10.1. The van der Waals surface area contributed by atoms with Gasteiger partial charge in [-0.1, -0.05) is 30.3 Å². The fraction of sp³-hybridized carbons (Fsp3) is 0.588. The highest BCUT2D eigenvalue weighted by molar-refractivity contribution is 5.76. The van der Waals surface area contributed by atoms with Gasteiger partial charge in [0.15, 0.2) is 0 Å². The highest BCUT2D eigenvalue weighted by Crippen LogP contribution is 2.15. The molecule has 2 rings (SSSR count). The van der Waals surface area contributed by atoms with E-state index in [1.54, 1.807) is 0 Å². The van der Waals surface area contributed by atoms with Gasteiger partial charge in [0.1, 0.15) is 0 Å². The van der Waals surface area contributed by atoms with E-state index in [0.717, 1.165) is 45.4 Å². The number of likely N-dealkylation sites (tertiary alicyclic amines) is 1. The summed E-state index contributed by atoms with van der Waals surface area (Å²) in [4.78, 5) is 13.8. The van der Waals surface area contributed by atoms with Gasteiger partial charge >= 0.3 is 0 Å². The van der Waals surface area contributed by atoms with E-state index < -0.39 is 0 Å². The van der Waals surface area contributed by atoms with Gasteiger partial charge in [-0.3, -0.25) is 4.79 Å². The number of benzene rings is 1. The van der Waals surface area contributed by atoms with Crippen LogP contribution in [0.25, 0.3) is 0 Å². The van der Waals surface area contributed by atoms with Crippen LogP contribution in [0.15, 0.2) is 30.3 Å². The van der Waals surface area contributed by atoms with Crippen LogP contribution in [0.5, 0.6) is 0 Å². The van der Waals surface area contributed by atoms with Gasteiger partial charge in [-0.15, -0.1) is 0 Å². The van der Waals surface area contributed by atoms with E-state index in [1.807, 2.05) is 11.0 Å². The van der Waals surface area contributed by atoms with Crippen molar-refractivity contribution in [2.45, 2.75) is 38.2 Å². The first-order chi connectivity index (χ1) is 10.3. The zero-order valence-corrected chi connectivity index (χ0v) is 12.7. The molecule has 1 heterocycles. The Balaban J connectivity index is 1.59. The molecular weight excluding hydrogens is 264 g/mol. The Kier molecular flexibility index (Phi) is 6.70. The molecule has 116 valence electrons.